The number of aromatic nitrogens is 2. The maximum absolute atomic E-state index is 12.6. The summed E-state index contributed by atoms with van der Waals surface area (Å²) in [6.45, 7) is 2.12. The van der Waals surface area contributed by atoms with Crippen molar-refractivity contribution in [3.8, 4) is 6.07 Å². The molecule has 0 saturated carbocycles. The molecule has 0 bridgehead atoms. The SMILES string of the molecule is N#Cc1c2n(c(=O)n(CC(=O)Nc3ccc(N4CCCCC4)cc3)c1=O)CCC2. The van der Waals surface area contributed by atoms with Gasteiger partial charge in [0.15, 0.2) is 0 Å². The van der Waals surface area contributed by atoms with E-state index in [4.69, 9.17) is 0 Å². The molecule has 1 fully saturated rings. The zero-order valence-corrected chi connectivity index (χ0v) is 16.2. The van der Waals surface area contributed by atoms with E-state index in [1.165, 1.54) is 23.8 Å². The van der Waals surface area contributed by atoms with E-state index in [-0.39, 0.29) is 5.56 Å². The highest BCUT2D eigenvalue weighted by Crippen LogP contribution is 2.21. The summed E-state index contributed by atoms with van der Waals surface area (Å²) >= 11 is 0. The number of nitrogens with one attached hydrogen (secondary N) is 1. The molecular weight excluding hydrogens is 370 g/mol. The number of nitrogens with zero attached hydrogens (tertiary/aromatic N) is 4. The predicted octanol–water partition coefficient (Wildman–Crippen LogP) is 1.46. The first-order valence-electron chi connectivity index (χ1n) is 10.00. The fourth-order valence-corrected chi connectivity index (χ4v) is 4.14. The minimum atomic E-state index is -0.693. The smallest absolute Gasteiger partial charge is 0.331 e. The number of piperidine rings is 1. The third-order valence-electron chi connectivity index (χ3n) is 5.62. The van der Waals surface area contributed by atoms with Crippen LogP contribution in [0.3, 0.4) is 0 Å². The summed E-state index contributed by atoms with van der Waals surface area (Å²) < 4.78 is 2.28. The molecule has 8 heteroatoms. The number of anilines is 2. The van der Waals surface area contributed by atoms with Crippen LogP contribution in [0.4, 0.5) is 11.4 Å². The number of hydrogen-bond acceptors (Lipinski definition) is 5. The van der Waals surface area contributed by atoms with Crippen molar-refractivity contribution in [2.24, 2.45) is 0 Å². The van der Waals surface area contributed by atoms with Crippen LogP contribution in [0.1, 0.15) is 36.9 Å². The Morgan fingerprint density at radius 1 is 1.03 bits per heavy atom. The number of hydrogen-bond donors (Lipinski definition) is 1. The topological polar surface area (TPSA) is 100 Å². The molecule has 150 valence electrons. The highest BCUT2D eigenvalue weighted by Gasteiger charge is 2.23. The Balaban J connectivity index is 1.50. The summed E-state index contributed by atoms with van der Waals surface area (Å²) in [4.78, 5) is 39.9. The normalized spacial score (nSPS) is 15.6. The van der Waals surface area contributed by atoms with E-state index in [1.54, 1.807) is 0 Å². The van der Waals surface area contributed by atoms with Crippen molar-refractivity contribution in [3.63, 3.8) is 0 Å². The maximum Gasteiger partial charge on any atom is 0.331 e. The number of fused-ring (bicyclic) bond motifs is 1. The molecule has 4 rings (SSSR count). The Kier molecular flexibility index (Phi) is 5.21. The van der Waals surface area contributed by atoms with Gasteiger partial charge < -0.3 is 10.2 Å². The van der Waals surface area contributed by atoms with Crippen molar-refractivity contribution in [2.45, 2.75) is 45.2 Å². The van der Waals surface area contributed by atoms with E-state index in [2.05, 4.69) is 10.2 Å². The Morgan fingerprint density at radius 2 is 1.76 bits per heavy atom. The second kappa shape index (κ2) is 7.95. The van der Waals surface area contributed by atoms with E-state index in [1.807, 2.05) is 30.3 Å². The predicted molar refractivity (Wildman–Crippen MR) is 109 cm³/mol. The van der Waals surface area contributed by atoms with E-state index >= 15 is 0 Å². The van der Waals surface area contributed by atoms with Gasteiger partial charge in [0.25, 0.3) is 5.56 Å². The molecule has 8 nitrogen and oxygen atoms in total. The minimum absolute atomic E-state index is 0.0409. The largest absolute Gasteiger partial charge is 0.372 e. The van der Waals surface area contributed by atoms with Gasteiger partial charge in [-0.15, -0.1) is 0 Å². The van der Waals surface area contributed by atoms with Crippen LogP contribution in [0.2, 0.25) is 0 Å². The van der Waals surface area contributed by atoms with Crippen molar-refractivity contribution in [1.29, 1.82) is 5.26 Å². The van der Waals surface area contributed by atoms with Gasteiger partial charge in [-0.2, -0.15) is 5.26 Å². The lowest BCUT2D eigenvalue weighted by atomic mass is 10.1. The van der Waals surface area contributed by atoms with Crippen LogP contribution in [-0.2, 0) is 24.3 Å². The molecule has 0 atom stereocenters. The van der Waals surface area contributed by atoms with E-state index < -0.39 is 23.7 Å². The summed E-state index contributed by atoms with van der Waals surface area (Å²) in [7, 11) is 0. The van der Waals surface area contributed by atoms with Crippen molar-refractivity contribution in [2.75, 3.05) is 23.3 Å². The van der Waals surface area contributed by atoms with E-state index in [0.29, 0.717) is 30.8 Å². The molecule has 1 aromatic carbocycles. The molecule has 29 heavy (non-hydrogen) atoms. The summed E-state index contributed by atoms with van der Waals surface area (Å²) in [5.41, 5.74) is 0.937. The lowest BCUT2D eigenvalue weighted by molar-refractivity contribution is -0.116. The standard InChI is InChI=1S/C21H23N5O3/c22-13-17-18-5-4-12-25(18)21(29)26(20(17)28)14-19(27)23-15-6-8-16(9-7-15)24-10-2-1-3-11-24/h6-9H,1-5,10-12,14H2,(H,23,27). The van der Waals surface area contributed by atoms with Crippen LogP contribution in [0.5, 0.6) is 0 Å². The molecule has 0 spiro atoms. The molecule has 1 saturated heterocycles. The Hall–Kier alpha value is -3.34. The zero-order valence-electron chi connectivity index (χ0n) is 16.2. The van der Waals surface area contributed by atoms with Crippen molar-refractivity contribution >= 4 is 17.3 Å². The van der Waals surface area contributed by atoms with Crippen LogP contribution >= 0.6 is 0 Å². The third kappa shape index (κ3) is 3.68. The van der Waals surface area contributed by atoms with Crippen molar-refractivity contribution in [3.05, 3.63) is 56.4 Å². The van der Waals surface area contributed by atoms with Gasteiger partial charge in [0.05, 0.1) is 0 Å². The number of rotatable bonds is 4. The van der Waals surface area contributed by atoms with Gasteiger partial charge in [0, 0.05) is 36.7 Å². The number of nitriles is 1. The third-order valence-corrected chi connectivity index (χ3v) is 5.62. The fraction of sp³-hybridized carbons (Fsp3) is 0.429. The van der Waals surface area contributed by atoms with E-state index in [0.717, 1.165) is 23.3 Å². The van der Waals surface area contributed by atoms with Gasteiger partial charge in [-0.05, 0) is 56.4 Å². The van der Waals surface area contributed by atoms with E-state index in [9.17, 15) is 19.6 Å². The highest BCUT2D eigenvalue weighted by atomic mass is 16.2. The first-order chi connectivity index (χ1) is 14.1. The van der Waals surface area contributed by atoms with Gasteiger partial charge in [-0.1, -0.05) is 0 Å². The zero-order chi connectivity index (χ0) is 20.4. The second-order valence-corrected chi connectivity index (χ2v) is 7.51. The number of carbonyl (C=O) groups excluding carboxylic acids is 1. The second-order valence-electron chi connectivity index (χ2n) is 7.51. The van der Waals surface area contributed by atoms with Crippen LogP contribution in [-0.4, -0.2) is 28.1 Å². The van der Waals surface area contributed by atoms with Crippen LogP contribution in [0.15, 0.2) is 33.9 Å². The summed E-state index contributed by atoms with van der Waals surface area (Å²) in [5.74, 6) is -0.475. The summed E-state index contributed by atoms with van der Waals surface area (Å²) in [5, 5.41) is 12.0. The van der Waals surface area contributed by atoms with Crippen molar-refractivity contribution in [1.82, 2.24) is 9.13 Å². The molecular formula is C21H23N5O3. The Labute approximate surface area is 168 Å². The van der Waals surface area contributed by atoms with Crippen molar-refractivity contribution < 1.29 is 4.79 Å². The quantitative estimate of drug-likeness (QED) is 0.848. The highest BCUT2D eigenvalue weighted by molar-refractivity contribution is 5.90. The Morgan fingerprint density at radius 3 is 2.45 bits per heavy atom. The molecule has 1 amide bonds. The molecule has 3 heterocycles. The molecule has 2 aliphatic rings. The number of carbonyl (C=O) groups is 1. The average molecular weight is 393 g/mol. The number of benzene rings is 1. The molecule has 0 unspecified atom stereocenters. The molecule has 2 aliphatic heterocycles. The van der Waals surface area contributed by atoms with Gasteiger partial charge in [0.2, 0.25) is 5.91 Å². The molecule has 1 N–H and O–H groups in total. The fourth-order valence-electron chi connectivity index (χ4n) is 4.14. The van der Waals surface area contributed by atoms with Gasteiger partial charge in [-0.3, -0.25) is 14.2 Å². The number of amides is 1. The lowest BCUT2D eigenvalue weighted by Gasteiger charge is -2.28. The Bertz CT molecular complexity index is 1090. The minimum Gasteiger partial charge on any atom is -0.372 e. The van der Waals surface area contributed by atoms with Gasteiger partial charge in [-0.25, -0.2) is 9.36 Å². The molecule has 0 aliphatic carbocycles. The summed E-state index contributed by atoms with van der Waals surface area (Å²) in [6.07, 6.45) is 4.88. The molecule has 0 radical (unpaired) electrons. The van der Waals surface area contributed by atoms with Gasteiger partial charge >= 0.3 is 5.69 Å². The molecule has 2 aromatic rings. The first kappa shape index (κ1) is 19.0. The lowest BCUT2D eigenvalue weighted by Crippen LogP contribution is -2.44. The molecule has 1 aromatic heterocycles. The van der Waals surface area contributed by atoms with Crippen LogP contribution in [0, 0.1) is 11.3 Å². The van der Waals surface area contributed by atoms with Gasteiger partial charge in [0.1, 0.15) is 18.2 Å². The van der Waals surface area contributed by atoms with Crippen LogP contribution < -0.4 is 21.5 Å². The summed E-state index contributed by atoms with van der Waals surface area (Å²) in [6, 6.07) is 9.46. The average Bonchev–Trinajstić information content (AvgIpc) is 3.22. The monoisotopic (exact) mass is 393 g/mol. The maximum atomic E-state index is 12.6. The first-order valence-corrected chi connectivity index (χ1v) is 10.00. The van der Waals surface area contributed by atoms with Crippen LogP contribution in [0.25, 0.3) is 0 Å².